The van der Waals surface area contributed by atoms with Crippen LogP contribution in [0.15, 0.2) is 54.6 Å². The Hall–Kier alpha value is -1.53. The molecule has 1 aliphatic rings. The zero-order valence-corrected chi connectivity index (χ0v) is 15.1. The van der Waals surface area contributed by atoms with Crippen molar-refractivity contribution in [2.24, 2.45) is 11.7 Å². The average Bonchev–Trinajstić information content (AvgIpc) is 3.28. The third-order valence-corrected chi connectivity index (χ3v) is 3.85. The molecule has 1 aliphatic carbocycles. The van der Waals surface area contributed by atoms with Crippen LogP contribution in [0, 0.1) is 5.92 Å². The van der Waals surface area contributed by atoms with Crippen molar-refractivity contribution in [2.75, 3.05) is 6.54 Å². The van der Waals surface area contributed by atoms with Gasteiger partial charge in [-0.25, -0.2) is 9.86 Å². The van der Waals surface area contributed by atoms with E-state index in [1.165, 1.54) is 0 Å². The van der Waals surface area contributed by atoms with E-state index < -0.39 is 6.03 Å². The molecule has 1 saturated carbocycles. The molecule has 23 heavy (non-hydrogen) atoms. The smallest absolute Gasteiger partial charge is 0.457 e. The first-order valence-electron chi connectivity index (χ1n) is 7.22. The second kappa shape index (κ2) is 7.84. The molecule has 2 unspecified atom stereocenters. The summed E-state index contributed by atoms with van der Waals surface area (Å²) < 4.78 is 5.82. The minimum atomic E-state index is -0.813. The quantitative estimate of drug-likeness (QED) is 0.474. The van der Waals surface area contributed by atoms with Gasteiger partial charge in [-0.05, 0) is 48.1 Å². The van der Waals surface area contributed by atoms with Crippen molar-refractivity contribution in [1.29, 1.82) is 0 Å². The van der Waals surface area contributed by atoms with Gasteiger partial charge in [-0.15, -0.1) is 0 Å². The summed E-state index contributed by atoms with van der Waals surface area (Å²) in [6.07, 6.45) is 0.930. The van der Waals surface area contributed by atoms with Gasteiger partial charge in [0.05, 0.1) is 6.54 Å². The van der Waals surface area contributed by atoms with E-state index in [1.54, 1.807) is 0 Å². The number of rotatable bonds is 5. The Kier molecular flexibility index (Phi) is 6.07. The molecule has 2 aromatic rings. The molecule has 0 heterocycles. The Bertz CT molecular complexity index is 666. The number of ether oxygens (including phenoxy) is 1. The van der Waals surface area contributed by atoms with Gasteiger partial charge in [0.2, 0.25) is 0 Å². The van der Waals surface area contributed by atoms with Crippen LogP contribution in [0.1, 0.15) is 17.9 Å². The molecule has 3 rings (SSSR count). The topological polar surface area (TPSA) is 75.8 Å². The van der Waals surface area contributed by atoms with Crippen molar-refractivity contribution in [2.45, 2.75) is 12.3 Å². The number of carbonyl (C=O) groups is 1. The van der Waals surface area contributed by atoms with Crippen molar-refractivity contribution < 1.29 is 44.3 Å². The average molecular weight is 321 g/mol. The molecule has 2 aromatic carbocycles. The third-order valence-electron chi connectivity index (χ3n) is 3.85. The van der Waals surface area contributed by atoms with Crippen molar-refractivity contribution in [3.8, 4) is 11.5 Å². The molecular formula is C17H18N2NaO3+. The first-order valence-corrected chi connectivity index (χ1v) is 7.22. The molecule has 6 heteroatoms. The van der Waals surface area contributed by atoms with Gasteiger partial charge in [0.1, 0.15) is 11.5 Å². The Morgan fingerprint density at radius 3 is 2.57 bits per heavy atom. The fraction of sp³-hybridized carbons (Fsp3) is 0.235. The molecule has 0 aromatic heterocycles. The Labute approximate surface area is 157 Å². The van der Waals surface area contributed by atoms with Gasteiger partial charge in [0.25, 0.3) is 0 Å². The fourth-order valence-electron chi connectivity index (χ4n) is 2.60. The van der Waals surface area contributed by atoms with Gasteiger partial charge in [-0.2, -0.15) is 0 Å². The molecule has 0 aliphatic heterocycles. The summed E-state index contributed by atoms with van der Waals surface area (Å²) >= 11 is 0. The maximum Gasteiger partial charge on any atom is 1.00 e. The number of para-hydroxylation sites is 1. The number of nitrogens with zero attached hydrogens (tertiary/aromatic N) is 1. The number of urea groups is 1. The molecule has 0 radical (unpaired) electrons. The number of hydrogen-bond donors (Lipinski definition) is 2. The standard InChI is InChI=1S/C17H18N2O3.Na/c18-17(20)19(21)11-13-10-16(13)12-5-4-8-15(9-12)22-14-6-2-1-3-7-14;/h1-9,13,16,21H,10-11H2,(H2,18,20);/q;+1. The first-order chi connectivity index (χ1) is 10.6. The maximum absolute atomic E-state index is 10.8. The van der Waals surface area contributed by atoms with Crippen LogP contribution in [0.2, 0.25) is 0 Å². The molecule has 3 N–H and O–H groups in total. The number of amides is 2. The summed E-state index contributed by atoms with van der Waals surface area (Å²) in [5, 5.41) is 9.96. The van der Waals surface area contributed by atoms with E-state index in [9.17, 15) is 10.0 Å². The number of benzene rings is 2. The van der Waals surface area contributed by atoms with E-state index >= 15 is 0 Å². The predicted molar refractivity (Wildman–Crippen MR) is 81.9 cm³/mol. The molecule has 0 saturated heterocycles. The summed E-state index contributed by atoms with van der Waals surface area (Å²) in [7, 11) is 0. The van der Waals surface area contributed by atoms with Crippen LogP contribution < -0.4 is 40.0 Å². The Morgan fingerprint density at radius 2 is 1.87 bits per heavy atom. The minimum absolute atomic E-state index is 0. The predicted octanol–water partition coefficient (Wildman–Crippen LogP) is 0.356. The number of hydrogen-bond acceptors (Lipinski definition) is 3. The largest absolute Gasteiger partial charge is 1.00 e. The van der Waals surface area contributed by atoms with Crippen LogP contribution in [-0.2, 0) is 0 Å². The molecule has 2 atom stereocenters. The van der Waals surface area contributed by atoms with Crippen LogP contribution in [0.4, 0.5) is 4.79 Å². The summed E-state index contributed by atoms with van der Waals surface area (Å²) in [5.41, 5.74) is 6.17. The number of hydroxylamine groups is 2. The van der Waals surface area contributed by atoms with Crippen LogP contribution in [0.25, 0.3) is 0 Å². The van der Waals surface area contributed by atoms with Gasteiger partial charge in [0.15, 0.2) is 0 Å². The normalized spacial score (nSPS) is 18.7. The molecule has 2 amide bonds. The van der Waals surface area contributed by atoms with E-state index in [0.717, 1.165) is 23.5 Å². The van der Waals surface area contributed by atoms with Crippen LogP contribution in [-0.4, -0.2) is 22.8 Å². The monoisotopic (exact) mass is 321 g/mol. The zero-order valence-electron chi connectivity index (χ0n) is 13.1. The second-order valence-corrected chi connectivity index (χ2v) is 5.51. The van der Waals surface area contributed by atoms with Crippen LogP contribution in [0.3, 0.4) is 0 Å². The number of primary amides is 1. The van der Waals surface area contributed by atoms with Gasteiger partial charge in [-0.3, -0.25) is 5.21 Å². The van der Waals surface area contributed by atoms with E-state index in [4.69, 9.17) is 10.5 Å². The zero-order chi connectivity index (χ0) is 15.5. The summed E-state index contributed by atoms with van der Waals surface area (Å²) in [6, 6.07) is 16.7. The van der Waals surface area contributed by atoms with E-state index in [0.29, 0.717) is 11.0 Å². The van der Waals surface area contributed by atoms with Crippen molar-refractivity contribution in [3.63, 3.8) is 0 Å². The van der Waals surface area contributed by atoms with Gasteiger partial charge in [-0.1, -0.05) is 30.3 Å². The van der Waals surface area contributed by atoms with Crippen molar-refractivity contribution in [3.05, 3.63) is 60.2 Å². The molecular weight excluding hydrogens is 303 g/mol. The SMILES string of the molecule is NC(=O)N(O)CC1CC1c1cccc(Oc2ccccc2)c1.[Na+]. The van der Waals surface area contributed by atoms with E-state index in [2.05, 4.69) is 0 Å². The summed E-state index contributed by atoms with van der Waals surface area (Å²) in [5.74, 6) is 2.14. The summed E-state index contributed by atoms with van der Waals surface area (Å²) in [6.45, 7) is 0.268. The van der Waals surface area contributed by atoms with Crippen LogP contribution >= 0.6 is 0 Å². The van der Waals surface area contributed by atoms with Crippen molar-refractivity contribution in [1.82, 2.24) is 5.06 Å². The van der Waals surface area contributed by atoms with Gasteiger partial charge < -0.3 is 10.5 Å². The molecule has 1 fully saturated rings. The third kappa shape index (κ3) is 4.72. The van der Waals surface area contributed by atoms with Crippen molar-refractivity contribution >= 4 is 6.03 Å². The second-order valence-electron chi connectivity index (χ2n) is 5.51. The van der Waals surface area contributed by atoms with E-state index in [1.807, 2.05) is 54.6 Å². The Balaban J connectivity index is 0.00000192. The number of nitrogens with two attached hydrogens (primary N) is 1. The molecule has 0 spiro atoms. The summed E-state index contributed by atoms with van der Waals surface area (Å²) in [4.78, 5) is 10.8. The van der Waals surface area contributed by atoms with Crippen LogP contribution in [0.5, 0.6) is 11.5 Å². The molecule has 5 nitrogen and oxygen atoms in total. The first kappa shape index (κ1) is 17.8. The molecule has 0 bridgehead atoms. The maximum atomic E-state index is 10.8. The van der Waals surface area contributed by atoms with E-state index in [-0.39, 0.29) is 42.0 Å². The minimum Gasteiger partial charge on any atom is -0.457 e. The molecule has 114 valence electrons. The Morgan fingerprint density at radius 1 is 1.17 bits per heavy atom. The van der Waals surface area contributed by atoms with Gasteiger partial charge in [0, 0.05) is 0 Å². The van der Waals surface area contributed by atoms with Gasteiger partial charge >= 0.3 is 35.6 Å². The fourth-order valence-corrected chi connectivity index (χ4v) is 2.60. The number of carbonyl (C=O) groups excluding carboxylic acids is 1.